The summed E-state index contributed by atoms with van der Waals surface area (Å²) in [4.78, 5) is 70.9. The molecule has 6 rings (SSSR count). The standard InChI is InChI=1S/C35H48FN5O10S/c1-34(2,3)51-32(45)37-27-13-15-49-14-6-4-5-9-22-17-35(22,31(44)39-52(47,48)24-11-12-24)38-29(42)28-16-23(19-41(28)30(27)43)50-33(46)40-18-21-8-7-10-26(36)25(21)20-40/h7-8,10,22-24,27-28H,4-6,9,11-20H2,1-3H3,(H,37,45)(H,38,42)(H,39,44)/t22-,23-,27+,28+,35-/m1/s1. The number of halogens is 1. The van der Waals surface area contributed by atoms with Crippen molar-refractivity contribution in [1.82, 2.24) is 25.2 Å². The van der Waals surface area contributed by atoms with Crippen LogP contribution in [0.25, 0.3) is 0 Å². The van der Waals surface area contributed by atoms with Crippen LogP contribution in [0.15, 0.2) is 18.2 Å². The number of benzene rings is 1. The molecule has 5 aliphatic rings. The Kier molecular flexibility index (Phi) is 10.7. The van der Waals surface area contributed by atoms with Crippen LogP contribution >= 0.6 is 0 Å². The monoisotopic (exact) mass is 749 g/mol. The Morgan fingerprint density at radius 2 is 1.81 bits per heavy atom. The molecule has 5 amide bonds. The Hall–Kier alpha value is -3.99. The van der Waals surface area contributed by atoms with Crippen molar-refractivity contribution in [3.05, 3.63) is 35.1 Å². The number of sulfonamides is 1. The fourth-order valence-corrected chi connectivity index (χ4v) is 8.60. The number of nitrogens with zero attached hydrogens (tertiary/aromatic N) is 2. The van der Waals surface area contributed by atoms with Crippen molar-refractivity contribution >= 4 is 39.9 Å². The minimum Gasteiger partial charge on any atom is -0.444 e. The number of ether oxygens (including phenoxy) is 3. The zero-order valence-corrected chi connectivity index (χ0v) is 30.6. The SMILES string of the molecule is CC(C)(C)OC(=O)N[C@H]1CCOCCCCC[C@@H]2C[C@@]2(C(=O)NS(=O)(=O)C2CC2)NC(=O)[C@@H]2C[C@@H](OC(=O)N3Cc4cccc(F)c4C3)CN2C1=O. The van der Waals surface area contributed by atoms with Crippen LogP contribution in [0.4, 0.5) is 14.0 Å². The predicted octanol–water partition coefficient (Wildman–Crippen LogP) is 2.60. The summed E-state index contributed by atoms with van der Waals surface area (Å²) < 4.78 is 59.2. The van der Waals surface area contributed by atoms with Gasteiger partial charge in [-0.25, -0.2) is 22.4 Å². The first-order chi connectivity index (χ1) is 24.6. The average molecular weight is 750 g/mol. The van der Waals surface area contributed by atoms with Crippen LogP contribution in [0.3, 0.4) is 0 Å². The molecule has 0 aromatic heterocycles. The van der Waals surface area contributed by atoms with Crippen molar-refractivity contribution in [2.24, 2.45) is 5.92 Å². The van der Waals surface area contributed by atoms with Gasteiger partial charge in [-0.05, 0) is 70.4 Å². The maximum absolute atomic E-state index is 14.4. The number of fused-ring (bicyclic) bond motifs is 3. The molecule has 1 aromatic carbocycles. The van der Waals surface area contributed by atoms with E-state index >= 15 is 0 Å². The lowest BCUT2D eigenvalue weighted by Gasteiger charge is -2.30. The highest BCUT2D eigenvalue weighted by atomic mass is 32.2. The summed E-state index contributed by atoms with van der Waals surface area (Å²) in [6, 6.07) is 2.16. The van der Waals surface area contributed by atoms with E-state index in [0.717, 1.165) is 6.42 Å². The summed E-state index contributed by atoms with van der Waals surface area (Å²) in [5.41, 5.74) is -1.34. The van der Waals surface area contributed by atoms with Gasteiger partial charge >= 0.3 is 12.2 Å². The predicted molar refractivity (Wildman–Crippen MR) is 182 cm³/mol. The highest BCUT2D eigenvalue weighted by Gasteiger charge is 2.62. The zero-order chi connectivity index (χ0) is 37.4. The second-order valence-corrected chi connectivity index (χ2v) is 17.4. The highest BCUT2D eigenvalue weighted by molar-refractivity contribution is 7.91. The van der Waals surface area contributed by atoms with E-state index in [1.165, 1.54) is 15.9 Å². The van der Waals surface area contributed by atoms with E-state index < -0.39 is 80.3 Å². The van der Waals surface area contributed by atoms with Gasteiger partial charge in [0.2, 0.25) is 21.8 Å². The largest absolute Gasteiger partial charge is 0.444 e. The summed E-state index contributed by atoms with van der Waals surface area (Å²) in [5.74, 6) is -2.96. The minimum atomic E-state index is -3.92. The molecule has 2 aliphatic carbocycles. The summed E-state index contributed by atoms with van der Waals surface area (Å²) >= 11 is 0. The van der Waals surface area contributed by atoms with E-state index in [9.17, 15) is 36.8 Å². The molecule has 2 saturated carbocycles. The number of hydrogen-bond acceptors (Lipinski definition) is 10. The Morgan fingerprint density at radius 1 is 1.04 bits per heavy atom. The van der Waals surface area contributed by atoms with E-state index in [4.69, 9.17) is 14.2 Å². The maximum Gasteiger partial charge on any atom is 0.410 e. The normalized spacial score (nSPS) is 28.5. The molecule has 17 heteroatoms. The molecule has 15 nitrogen and oxygen atoms in total. The molecule has 1 aromatic rings. The lowest BCUT2D eigenvalue weighted by atomic mass is 10.1. The van der Waals surface area contributed by atoms with Gasteiger partial charge in [0, 0.05) is 38.2 Å². The Morgan fingerprint density at radius 3 is 2.52 bits per heavy atom. The number of carbonyl (C=O) groups is 5. The van der Waals surface area contributed by atoms with Crippen LogP contribution in [0.2, 0.25) is 0 Å². The lowest BCUT2D eigenvalue weighted by molar-refractivity contribution is -0.141. The van der Waals surface area contributed by atoms with Crippen LogP contribution in [0.1, 0.15) is 89.7 Å². The number of hydrogen-bond donors (Lipinski definition) is 3. The summed E-state index contributed by atoms with van der Waals surface area (Å²) in [7, 11) is -3.92. The molecular weight excluding hydrogens is 701 g/mol. The molecule has 0 radical (unpaired) electrons. The summed E-state index contributed by atoms with van der Waals surface area (Å²) in [6.07, 6.45) is 1.18. The fraction of sp³-hybridized carbons (Fsp3) is 0.686. The van der Waals surface area contributed by atoms with Gasteiger partial charge in [-0.2, -0.15) is 0 Å². The van der Waals surface area contributed by atoms with Crippen molar-refractivity contribution < 1.29 is 51.0 Å². The fourth-order valence-electron chi connectivity index (χ4n) is 7.24. The van der Waals surface area contributed by atoms with Gasteiger partial charge in [-0.3, -0.25) is 24.0 Å². The Balaban J connectivity index is 1.25. The van der Waals surface area contributed by atoms with Gasteiger partial charge in [0.1, 0.15) is 35.1 Å². The molecule has 3 aliphatic heterocycles. The lowest BCUT2D eigenvalue weighted by Crippen LogP contribution is -2.58. The van der Waals surface area contributed by atoms with Gasteiger partial charge in [0.15, 0.2) is 0 Å². The van der Waals surface area contributed by atoms with E-state index in [2.05, 4.69) is 15.4 Å². The maximum atomic E-state index is 14.4. The third-order valence-corrected chi connectivity index (χ3v) is 12.1. The first-order valence-corrected chi connectivity index (χ1v) is 19.6. The second-order valence-electron chi connectivity index (χ2n) is 15.5. The topological polar surface area (TPSA) is 190 Å². The van der Waals surface area contributed by atoms with Gasteiger partial charge in [0.05, 0.1) is 18.3 Å². The minimum absolute atomic E-state index is 0.00914. The molecule has 3 heterocycles. The van der Waals surface area contributed by atoms with Gasteiger partial charge in [0.25, 0.3) is 5.91 Å². The van der Waals surface area contributed by atoms with Crippen molar-refractivity contribution in [2.75, 3.05) is 19.8 Å². The number of nitrogens with one attached hydrogen (secondary N) is 3. The summed E-state index contributed by atoms with van der Waals surface area (Å²) in [6.45, 7) is 5.45. The first-order valence-electron chi connectivity index (χ1n) is 18.0. The van der Waals surface area contributed by atoms with E-state index in [-0.39, 0.29) is 51.4 Å². The van der Waals surface area contributed by atoms with Crippen molar-refractivity contribution in [3.8, 4) is 0 Å². The van der Waals surface area contributed by atoms with E-state index in [1.54, 1.807) is 32.9 Å². The van der Waals surface area contributed by atoms with Crippen LogP contribution in [0, 0.1) is 11.7 Å². The van der Waals surface area contributed by atoms with E-state index in [1.807, 2.05) is 0 Å². The third kappa shape index (κ3) is 8.62. The number of alkyl carbamates (subject to hydrolysis) is 1. The van der Waals surface area contributed by atoms with Crippen LogP contribution in [-0.2, 0) is 51.7 Å². The zero-order valence-electron chi connectivity index (χ0n) is 29.8. The van der Waals surface area contributed by atoms with Crippen molar-refractivity contribution in [2.45, 2.75) is 126 Å². The van der Waals surface area contributed by atoms with E-state index in [0.29, 0.717) is 49.8 Å². The van der Waals surface area contributed by atoms with Gasteiger partial charge in [-0.15, -0.1) is 0 Å². The number of amides is 5. The molecule has 0 unspecified atom stereocenters. The highest BCUT2D eigenvalue weighted by Crippen LogP contribution is 2.48. The smallest absolute Gasteiger partial charge is 0.410 e. The molecule has 4 fully saturated rings. The molecule has 2 saturated heterocycles. The molecule has 0 bridgehead atoms. The van der Waals surface area contributed by atoms with Crippen molar-refractivity contribution in [3.63, 3.8) is 0 Å². The van der Waals surface area contributed by atoms with Gasteiger partial charge < -0.3 is 29.7 Å². The van der Waals surface area contributed by atoms with Crippen LogP contribution in [0.5, 0.6) is 0 Å². The van der Waals surface area contributed by atoms with Crippen LogP contribution in [-0.4, -0.2) is 102 Å². The third-order valence-electron chi connectivity index (χ3n) is 10.2. The molecule has 0 spiro atoms. The number of rotatable bonds is 5. The van der Waals surface area contributed by atoms with Gasteiger partial charge in [-0.1, -0.05) is 25.0 Å². The quantitative estimate of drug-likeness (QED) is 0.404. The number of carbonyl (C=O) groups excluding carboxylic acids is 5. The molecule has 3 N–H and O–H groups in total. The molecule has 52 heavy (non-hydrogen) atoms. The Bertz CT molecular complexity index is 1700. The summed E-state index contributed by atoms with van der Waals surface area (Å²) in [5, 5.41) is 4.77. The Labute approximate surface area is 302 Å². The first kappa shape index (κ1) is 37.8. The van der Waals surface area contributed by atoms with Crippen LogP contribution < -0.4 is 15.4 Å². The average Bonchev–Trinajstić information content (AvgIpc) is 3.94. The molecule has 286 valence electrons. The second kappa shape index (κ2) is 14.8. The molecule has 5 atom stereocenters. The van der Waals surface area contributed by atoms with Crippen molar-refractivity contribution in [1.29, 1.82) is 0 Å². The molecular formula is C35H48FN5O10S.